The monoisotopic (exact) mass is 242 g/mol. The number of amides is 2. The summed E-state index contributed by atoms with van der Waals surface area (Å²) in [5, 5.41) is 2.77. The summed E-state index contributed by atoms with van der Waals surface area (Å²) in [7, 11) is 0. The summed E-state index contributed by atoms with van der Waals surface area (Å²) in [6.45, 7) is 12.5. The van der Waals surface area contributed by atoms with Crippen LogP contribution in [0.3, 0.4) is 0 Å². The summed E-state index contributed by atoms with van der Waals surface area (Å²) < 4.78 is 0. The quantitative estimate of drug-likeness (QED) is 0.724. The van der Waals surface area contributed by atoms with Gasteiger partial charge in [0.1, 0.15) is 0 Å². The number of hydrogen-bond donors (Lipinski definition) is 1. The number of nitrogens with one attached hydrogen (secondary N) is 1. The molecule has 0 fully saturated rings. The lowest BCUT2D eigenvalue weighted by molar-refractivity contribution is -0.135. The van der Waals surface area contributed by atoms with Crippen molar-refractivity contribution in [2.45, 2.75) is 65.5 Å². The van der Waals surface area contributed by atoms with Gasteiger partial charge in [-0.05, 0) is 41.0 Å². The van der Waals surface area contributed by atoms with E-state index in [4.69, 9.17) is 0 Å². The van der Waals surface area contributed by atoms with Crippen LogP contribution in [0.1, 0.15) is 54.4 Å². The molecule has 0 aromatic heterocycles. The summed E-state index contributed by atoms with van der Waals surface area (Å²) in [5.74, 6) is 0.152. The average molecular weight is 242 g/mol. The van der Waals surface area contributed by atoms with Gasteiger partial charge in [-0.25, -0.2) is 0 Å². The molecule has 4 heteroatoms. The van der Waals surface area contributed by atoms with E-state index in [2.05, 4.69) is 5.32 Å². The minimum atomic E-state index is -0.279. The zero-order chi connectivity index (χ0) is 13.7. The van der Waals surface area contributed by atoms with E-state index in [9.17, 15) is 9.59 Å². The Kier molecular flexibility index (Phi) is 5.66. The standard InChI is InChI=1S/C13H26N2O2/c1-7-11(17)15(12(2,3)4)9-8-13(5,6)14-10-16/h10H,7-9H2,1-6H3,(H,14,16). The van der Waals surface area contributed by atoms with Crippen molar-refractivity contribution in [2.75, 3.05) is 6.54 Å². The van der Waals surface area contributed by atoms with Crippen molar-refractivity contribution in [3.8, 4) is 0 Å². The van der Waals surface area contributed by atoms with Crippen molar-refractivity contribution >= 4 is 12.3 Å². The van der Waals surface area contributed by atoms with Gasteiger partial charge in [-0.2, -0.15) is 0 Å². The molecule has 0 rings (SSSR count). The van der Waals surface area contributed by atoms with E-state index in [1.165, 1.54) is 0 Å². The Morgan fingerprint density at radius 2 is 1.76 bits per heavy atom. The van der Waals surface area contributed by atoms with Crippen molar-refractivity contribution in [2.24, 2.45) is 0 Å². The Morgan fingerprint density at radius 1 is 1.24 bits per heavy atom. The maximum atomic E-state index is 11.9. The van der Waals surface area contributed by atoms with Crippen LogP contribution in [-0.2, 0) is 9.59 Å². The fourth-order valence-corrected chi connectivity index (χ4v) is 1.65. The fourth-order valence-electron chi connectivity index (χ4n) is 1.65. The first-order chi connectivity index (χ1) is 7.64. The molecule has 0 aromatic carbocycles. The second kappa shape index (κ2) is 6.03. The van der Waals surface area contributed by atoms with Crippen LogP contribution in [0, 0.1) is 0 Å². The average Bonchev–Trinajstić information content (AvgIpc) is 2.15. The third-order valence-electron chi connectivity index (χ3n) is 2.82. The van der Waals surface area contributed by atoms with Gasteiger partial charge in [0.15, 0.2) is 0 Å². The normalized spacial score (nSPS) is 12.1. The molecule has 0 aliphatic rings. The van der Waals surface area contributed by atoms with Crippen molar-refractivity contribution in [1.29, 1.82) is 0 Å². The first kappa shape index (κ1) is 15.9. The van der Waals surface area contributed by atoms with E-state index < -0.39 is 0 Å². The second-order valence-electron chi connectivity index (χ2n) is 5.97. The number of rotatable bonds is 6. The van der Waals surface area contributed by atoms with Crippen molar-refractivity contribution in [3.63, 3.8) is 0 Å². The molecule has 0 spiro atoms. The highest BCUT2D eigenvalue weighted by atomic mass is 16.2. The first-order valence-corrected chi connectivity index (χ1v) is 6.16. The molecule has 0 saturated carbocycles. The van der Waals surface area contributed by atoms with Gasteiger partial charge in [-0.3, -0.25) is 9.59 Å². The zero-order valence-corrected chi connectivity index (χ0v) is 12.0. The van der Waals surface area contributed by atoms with Crippen LogP contribution >= 0.6 is 0 Å². The largest absolute Gasteiger partial charge is 0.354 e. The van der Waals surface area contributed by atoms with E-state index in [0.717, 1.165) is 6.42 Å². The molecule has 1 N–H and O–H groups in total. The number of carbonyl (C=O) groups excluding carboxylic acids is 2. The minimum absolute atomic E-state index is 0.152. The summed E-state index contributed by atoms with van der Waals surface area (Å²) in [6, 6.07) is 0. The van der Waals surface area contributed by atoms with Crippen LogP contribution < -0.4 is 5.32 Å². The van der Waals surface area contributed by atoms with Crippen LogP contribution in [-0.4, -0.2) is 34.8 Å². The smallest absolute Gasteiger partial charge is 0.222 e. The maximum absolute atomic E-state index is 11.9. The van der Waals surface area contributed by atoms with Gasteiger partial charge >= 0.3 is 0 Å². The summed E-state index contributed by atoms with van der Waals surface area (Å²) >= 11 is 0. The van der Waals surface area contributed by atoms with Gasteiger partial charge < -0.3 is 10.2 Å². The van der Waals surface area contributed by atoms with Crippen LogP contribution in [0.15, 0.2) is 0 Å². The second-order valence-corrected chi connectivity index (χ2v) is 5.97. The third-order valence-corrected chi connectivity index (χ3v) is 2.82. The molecule has 2 amide bonds. The third kappa shape index (κ3) is 5.71. The summed E-state index contributed by atoms with van der Waals surface area (Å²) in [6.07, 6.45) is 1.97. The van der Waals surface area contributed by atoms with Crippen molar-refractivity contribution in [1.82, 2.24) is 10.2 Å². The van der Waals surface area contributed by atoms with Gasteiger partial charge in [0, 0.05) is 24.0 Å². The van der Waals surface area contributed by atoms with Crippen LogP contribution in [0.5, 0.6) is 0 Å². The predicted octanol–water partition coefficient (Wildman–Crippen LogP) is 1.94. The predicted molar refractivity (Wildman–Crippen MR) is 69.7 cm³/mol. The SMILES string of the molecule is CCC(=O)N(CCC(C)(C)NC=O)C(C)(C)C. The molecular formula is C13H26N2O2. The highest BCUT2D eigenvalue weighted by Crippen LogP contribution is 2.18. The Balaban J connectivity index is 4.57. The van der Waals surface area contributed by atoms with Crippen molar-refractivity contribution in [3.05, 3.63) is 0 Å². The summed E-state index contributed by atoms with van der Waals surface area (Å²) in [4.78, 5) is 24.2. The minimum Gasteiger partial charge on any atom is -0.354 e. The molecule has 4 nitrogen and oxygen atoms in total. The molecule has 0 radical (unpaired) electrons. The zero-order valence-electron chi connectivity index (χ0n) is 12.0. The lowest BCUT2D eigenvalue weighted by atomic mass is 9.98. The van der Waals surface area contributed by atoms with Crippen LogP contribution in [0.4, 0.5) is 0 Å². The fraction of sp³-hybridized carbons (Fsp3) is 0.846. The van der Waals surface area contributed by atoms with Gasteiger partial charge in [0.2, 0.25) is 12.3 Å². The Labute approximate surface area is 105 Å². The Bertz CT molecular complexity index is 267. The van der Waals surface area contributed by atoms with Crippen LogP contribution in [0.25, 0.3) is 0 Å². The van der Waals surface area contributed by atoms with Crippen LogP contribution in [0.2, 0.25) is 0 Å². The number of nitrogens with zero attached hydrogens (tertiary/aromatic N) is 1. The highest BCUT2D eigenvalue weighted by molar-refractivity contribution is 5.76. The maximum Gasteiger partial charge on any atom is 0.222 e. The van der Waals surface area contributed by atoms with E-state index >= 15 is 0 Å². The molecule has 0 aliphatic heterocycles. The van der Waals surface area contributed by atoms with E-state index in [1.54, 1.807) is 0 Å². The molecule has 0 saturated heterocycles. The van der Waals surface area contributed by atoms with Gasteiger partial charge in [-0.1, -0.05) is 6.92 Å². The van der Waals surface area contributed by atoms with Gasteiger partial charge in [-0.15, -0.1) is 0 Å². The summed E-state index contributed by atoms with van der Waals surface area (Å²) in [5.41, 5.74) is -0.455. The van der Waals surface area contributed by atoms with E-state index in [1.807, 2.05) is 46.4 Å². The number of carbonyl (C=O) groups is 2. The molecular weight excluding hydrogens is 216 g/mol. The van der Waals surface area contributed by atoms with E-state index in [0.29, 0.717) is 19.4 Å². The molecule has 0 unspecified atom stereocenters. The highest BCUT2D eigenvalue weighted by Gasteiger charge is 2.27. The lowest BCUT2D eigenvalue weighted by Crippen LogP contribution is -2.49. The van der Waals surface area contributed by atoms with Gasteiger partial charge in [0.25, 0.3) is 0 Å². The number of hydrogen-bond acceptors (Lipinski definition) is 2. The Hall–Kier alpha value is -1.06. The molecule has 0 heterocycles. The topological polar surface area (TPSA) is 49.4 Å². The van der Waals surface area contributed by atoms with Crippen molar-refractivity contribution < 1.29 is 9.59 Å². The Morgan fingerprint density at radius 3 is 2.12 bits per heavy atom. The molecule has 0 atom stereocenters. The molecule has 17 heavy (non-hydrogen) atoms. The first-order valence-electron chi connectivity index (χ1n) is 6.16. The lowest BCUT2D eigenvalue weighted by Gasteiger charge is -2.38. The van der Waals surface area contributed by atoms with E-state index in [-0.39, 0.29) is 17.0 Å². The molecule has 0 aliphatic carbocycles. The molecule has 0 bridgehead atoms. The molecule has 100 valence electrons. The molecule has 0 aromatic rings. The van der Waals surface area contributed by atoms with Gasteiger partial charge in [0.05, 0.1) is 0 Å².